The van der Waals surface area contributed by atoms with Crippen LogP contribution in [0, 0.1) is 0 Å². The highest BCUT2D eigenvalue weighted by Crippen LogP contribution is 2.40. The summed E-state index contributed by atoms with van der Waals surface area (Å²) in [5, 5.41) is 9.60. The van der Waals surface area contributed by atoms with Crippen LogP contribution in [0.3, 0.4) is 0 Å². The Morgan fingerprint density at radius 2 is 2.29 bits per heavy atom. The van der Waals surface area contributed by atoms with Gasteiger partial charge in [-0.05, 0) is 24.5 Å². The van der Waals surface area contributed by atoms with Gasteiger partial charge in [0.1, 0.15) is 24.2 Å². The molecule has 5 heteroatoms. The van der Waals surface area contributed by atoms with Crippen molar-refractivity contribution in [2.75, 3.05) is 20.2 Å². The second-order valence-corrected chi connectivity index (χ2v) is 5.46. The summed E-state index contributed by atoms with van der Waals surface area (Å²) in [6.07, 6.45) is 2.92. The van der Waals surface area contributed by atoms with Gasteiger partial charge in [-0.15, -0.1) is 11.3 Å². The molecule has 92 valence electrons. The fourth-order valence-electron chi connectivity index (χ4n) is 2.59. The van der Waals surface area contributed by atoms with Gasteiger partial charge in [0.2, 0.25) is 0 Å². The third-order valence-corrected chi connectivity index (χ3v) is 4.37. The molecule has 0 unspecified atom stereocenters. The van der Waals surface area contributed by atoms with Crippen LogP contribution in [0.1, 0.15) is 24.1 Å². The Balaban J connectivity index is 1.96. The zero-order valence-corrected chi connectivity index (χ0v) is 10.7. The summed E-state index contributed by atoms with van der Waals surface area (Å²) < 4.78 is 6.21. The highest BCUT2D eigenvalue weighted by molar-refractivity contribution is 7.12. The molecule has 0 aromatic carbocycles. The molecule has 1 aromatic rings. The fraction of sp³-hybridized carbons (Fsp3) is 0.583. The summed E-state index contributed by atoms with van der Waals surface area (Å²) in [5.41, 5.74) is 0.960. The molecule has 17 heavy (non-hydrogen) atoms. The van der Waals surface area contributed by atoms with Gasteiger partial charge >= 0.3 is 0 Å². The number of piperidine rings is 1. The van der Waals surface area contributed by atoms with E-state index in [1.54, 1.807) is 18.4 Å². The molecule has 1 saturated heterocycles. The van der Waals surface area contributed by atoms with E-state index in [2.05, 4.69) is 15.9 Å². The van der Waals surface area contributed by atoms with Crippen LogP contribution in [0.4, 0.5) is 0 Å². The minimum Gasteiger partial charge on any atom is -0.485 e. The highest BCUT2D eigenvalue weighted by Gasteiger charge is 2.41. The third kappa shape index (κ3) is 1.93. The molecule has 0 saturated carbocycles. The Labute approximate surface area is 105 Å². The second-order valence-electron chi connectivity index (χ2n) is 4.55. The van der Waals surface area contributed by atoms with Crippen molar-refractivity contribution in [2.24, 2.45) is 5.16 Å². The lowest BCUT2D eigenvalue weighted by atomic mass is 9.84. The number of nitrogens with zero attached hydrogens (tertiary/aromatic N) is 1. The van der Waals surface area contributed by atoms with Crippen molar-refractivity contribution in [3.05, 3.63) is 16.3 Å². The van der Waals surface area contributed by atoms with E-state index in [9.17, 15) is 0 Å². The molecular weight excluding hydrogens is 236 g/mol. The number of ether oxygens (including phenoxy) is 1. The Morgan fingerprint density at radius 1 is 1.47 bits per heavy atom. The molecule has 3 heterocycles. The van der Waals surface area contributed by atoms with Gasteiger partial charge < -0.3 is 14.9 Å². The van der Waals surface area contributed by atoms with Gasteiger partial charge in [0, 0.05) is 19.3 Å². The molecule has 2 aliphatic rings. The minimum absolute atomic E-state index is 0.0727. The van der Waals surface area contributed by atoms with E-state index < -0.39 is 0 Å². The van der Waals surface area contributed by atoms with Gasteiger partial charge in [-0.3, -0.25) is 0 Å². The van der Waals surface area contributed by atoms with E-state index in [4.69, 9.17) is 9.57 Å². The van der Waals surface area contributed by atoms with Gasteiger partial charge in [0.25, 0.3) is 0 Å². The smallest absolute Gasteiger partial charge is 0.140 e. The number of oxime groups is 1. The van der Waals surface area contributed by atoms with E-state index in [0.717, 1.165) is 48.7 Å². The zero-order chi connectivity index (χ0) is 11.7. The number of fused-ring (bicyclic) bond motifs is 1. The maximum atomic E-state index is 6.21. The van der Waals surface area contributed by atoms with Crippen molar-refractivity contribution in [3.8, 4) is 5.75 Å². The summed E-state index contributed by atoms with van der Waals surface area (Å²) in [4.78, 5) is 6.09. The summed E-state index contributed by atoms with van der Waals surface area (Å²) in [6.45, 7) is 2.03. The number of hydrogen-bond donors (Lipinski definition) is 1. The Bertz CT molecular complexity index is 435. The van der Waals surface area contributed by atoms with Gasteiger partial charge in [0.05, 0.1) is 4.88 Å². The van der Waals surface area contributed by atoms with Crippen LogP contribution < -0.4 is 10.1 Å². The van der Waals surface area contributed by atoms with Gasteiger partial charge in [-0.2, -0.15) is 0 Å². The van der Waals surface area contributed by atoms with Crippen molar-refractivity contribution in [3.63, 3.8) is 0 Å². The predicted octanol–water partition coefficient (Wildman–Crippen LogP) is 2.00. The SMILES string of the molecule is CO/N=C1/CC2(CCNCC2)Oc2ccsc21. The van der Waals surface area contributed by atoms with Crippen molar-refractivity contribution < 1.29 is 9.57 Å². The molecule has 0 amide bonds. The number of thiophene rings is 1. The first-order chi connectivity index (χ1) is 8.33. The molecule has 1 spiro atoms. The second kappa shape index (κ2) is 4.31. The van der Waals surface area contributed by atoms with E-state index in [0.29, 0.717) is 0 Å². The number of rotatable bonds is 1. The standard InChI is InChI=1S/C12H16N2O2S/c1-15-14-9-8-12(3-5-13-6-4-12)16-10-2-7-17-11(9)10/h2,7,13H,3-6,8H2,1H3/b14-9-. The van der Waals surface area contributed by atoms with Gasteiger partial charge in [-0.25, -0.2) is 0 Å². The average Bonchev–Trinajstić information content (AvgIpc) is 2.78. The molecule has 3 rings (SSSR count). The third-order valence-electron chi connectivity index (χ3n) is 3.42. The normalized spacial score (nSPS) is 24.4. The summed E-state index contributed by atoms with van der Waals surface area (Å²) in [7, 11) is 1.60. The molecule has 2 aliphatic heterocycles. The summed E-state index contributed by atoms with van der Waals surface area (Å²) in [6, 6.07) is 2.04. The first kappa shape index (κ1) is 11.0. The lowest BCUT2D eigenvalue weighted by molar-refractivity contribution is 0.0382. The Morgan fingerprint density at radius 3 is 3.06 bits per heavy atom. The molecular formula is C12H16N2O2S. The predicted molar refractivity (Wildman–Crippen MR) is 67.9 cm³/mol. The van der Waals surface area contributed by atoms with Crippen molar-refractivity contribution in [1.82, 2.24) is 5.32 Å². The van der Waals surface area contributed by atoms with Crippen LogP contribution in [0.25, 0.3) is 0 Å². The first-order valence-corrected chi connectivity index (χ1v) is 6.79. The first-order valence-electron chi connectivity index (χ1n) is 5.91. The van der Waals surface area contributed by atoms with Crippen molar-refractivity contribution in [1.29, 1.82) is 0 Å². The van der Waals surface area contributed by atoms with E-state index >= 15 is 0 Å². The largest absolute Gasteiger partial charge is 0.485 e. The van der Waals surface area contributed by atoms with Crippen LogP contribution in [-0.2, 0) is 4.84 Å². The molecule has 1 aromatic heterocycles. The van der Waals surface area contributed by atoms with Crippen LogP contribution in [0.2, 0.25) is 0 Å². The van der Waals surface area contributed by atoms with Crippen molar-refractivity contribution in [2.45, 2.75) is 24.9 Å². The summed E-state index contributed by atoms with van der Waals surface area (Å²) >= 11 is 1.67. The lowest BCUT2D eigenvalue weighted by Gasteiger charge is -2.40. The fourth-order valence-corrected chi connectivity index (χ4v) is 3.39. The lowest BCUT2D eigenvalue weighted by Crippen LogP contribution is -2.49. The molecule has 0 aliphatic carbocycles. The molecule has 0 bridgehead atoms. The quantitative estimate of drug-likeness (QED) is 0.777. The molecule has 4 nitrogen and oxygen atoms in total. The van der Waals surface area contributed by atoms with E-state index in [1.165, 1.54) is 0 Å². The molecule has 1 fully saturated rings. The van der Waals surface area contributed by atoms with E-state index in [1.807, 2.05) is 6.07 Å². The number of nitrogens with one attached hydrogen (secondary N) is 1. The molecule has 0 atom stereocenters. The van der Waals surface area contributed by atoms with E-state index in [-0.39, 0.29) is 5.60 Å². The highest BCUT2D eigenvalue weighted by atomic mass is 32.1. The topological polar surface area (TPSA) is 42.8 Å². The van der Waals surface area contributed by atoms with Crippen LogP contribution in [0.5, 0.6) is 5.75 Å². The monoisotopic (exact) mass is 252 g/mol. The number of hydrogen-bond acceptors (Lipinski definition) is 5. The zero-order valence-electron chi connectivity index (χ0n) is 9.86. The van der Waals surface area contributed by atoms with Gasteiger partial charge in [0.15, 0.2) is 0 Å². The van der Waals surface area contributed by atoms with Crippen LogP contribution >= 0.6 is 11.3 Å². The Hall–Kier alpha value is -1.07. The van der Waals surface area contributed by atoms with Crippen LogP contribution in [-0.4, -0.2) is 31.5 Å². The molecule has 0 radical (unpaired) electrons. The van der Waals surface area contributed by atoms with Crippen LogP contribution in [0.15, 0.2) is 16.6 Å². The average molecular weight is 252 g/mol. The maximum Gasteiger partial charge on any atom is 0.140 e. The minimum atomic E-state index is -0.0727. The van der Waals surface area contributed by atoms with Crippen molar-refractivity contribution >= 4 is 17.0 Å². The summed E-state index contributed by atoms with van der Waals surface area (Å²) in [5.74, 6) is 0.971. The Kier molecular flexibility index (Phi) is 2.80. The maximum absolute atomic E-state index is 6.21. The van der Waals surface area contributed by atoms with Gasteiger partial charge in [-0.1, -0.05) is 5.16 Å². The molecule has 1 N–H and O–H groups in total.